The van der Waals surface area contributed by atoms with Gasteiger partial charge in [0.25, 0.3) is 0 Å². The smallest absolute Gasteiger partial charge is 0.169 e. The highest BCUT2D eigenvalue weighted by molar-refractivity contribution is 5.85. The van der Waals surface area contributed by atoms with E-state index < -0.39 is 0 Å². The van der Waals surface area contributed by atoms with E-state index in [0.717, 1.165) is 25.2 Å². The molecule has 1 atom stereocenters. The topological polar surface area (TPSA) is 57.0 Å². The van der Waals surface area contributed by atoms with Crippen molar-refractivity contribution in [3.63, 3.8) is 0 Å². The molecule has 0 amide bonds. The molecule has 1 saturated carbocycles. The maximum absolute atomic E-state index is 12.3. The molecule has 5 heteroatoms. The molecule has 0 saturated heterocycles. The molecule has 1 heterocycles. The van der Waals surface area contributed by atoms with Gasteiger partial charge in [0.05, 0.1) is 6.42 Å². The Morgan fingerprint density at radius 1 is 1.53 bits per heavy atom. The van der Waals surface area contributed by atoms with Gasteiger partial charge in [-0.1, -0.05) is 13.8 Å². The van der Waals surface area contributed by atoms with E-state index in [2.05, 4.69) is 23.9 Å². The molecule has 1 aliphatic rings. The summed E-state index contributed by atoms with van der Waals surface area (Å²) in [5.74, 6) is 1.81. The van der Waals surface area contributed by atoms with Gasteiger partial charge in [0.15, 0.2) is 5.78 Å². The van der Waals surface area contributed by atoms with Crippen LogP contribution in [0.3, 0.4) is 0 Å². The summed E-state index contributed by atoms with van der Waals surface area (Å²) in [5.41, 5.74) is 0. The minimum Gasteiger partial charge on any atom is -0.370 e. The van der Waals surface area contributed by atoms with Crippen molar-refractivity contribution in [2.75, 3.05) is 6.61 Å². The molecule has 1 fully saturated rings. The van der Waals surface area contributed by atoms with Crippen LogP contribution < -0.4 is 0 Å². The second kappa shape index (κ2) is 6.28. The lowest BCUT2D eigenvalue weighted by Crippen LogP contribution is -2.29. The SMILES string of the molecule is CCOC(C(=O)Cc1ncnn1CC(C)C)C1CC1. The van der Waals surface area contributed by atoms with Crippen molar-refractivity contribution in [2.45, 2.75) is 52.7 Å². The lowest BCUT2D eigenvalue weighted by Gasteiger charge is -2.15. The van der Waals surface area contributed by atoms with Crippen molar-refractivity contribution in [3.8, 4) is 0 Å². The normalized spacial score (nSPS) is 16.8. The van der Waals surface area contributed by atoms with Crippen molar-refractivity contribution < 1.29 is 9.53 Å². The van der Waals surface area contributed by atoms with E-state index in [9.17, 15) is 4.79 Å². The summed E-state index contributed by atoms with van der Waals surface area (Å²) in [6, 6.07) is 0. The quantitative estimate of drug-likeness (QED) is 0.720. The van der Waals surface area contributed by atoms with Crippen molar-refractivity contribution in [3.05, 3.63) is 12.2 Å². The number of ketones is 1. The van der Waals surface area contributed by atoms with Crippen LogP contribution in [-0.4, -0.2) is 33.3 Å². The molecule has 106 valence electrons. The van der Waals surface area contributed by atoms with Crippen LogP contribution in [-0.2, 0) is 22.5 Å². The third-order valence-corrected chi connectivity index (χ3v) is 3.28. The highest BCUT2D eigenvalue weighted by Crippen LogP contribution is 2.35. The van der Waals surface area contributed by atoms with Gasteiger partial charge in [-0.25, -0.2) is 9.67 Å². The van der Waals surface area contributed by atoms with Crippen molar-refractivity contribution >= 4 is 5.78 Å². The Balaban J connectivity index is 1.99. The van der Waals surface area contributed by atoms with Gasteiger partial charge in [0.2, 0.25) is 0 Å². The number of carbonyl (C=O) groups excluding carboxylic acids is 1. The van der Waals surface area contributed by atoms with E-state index in [-0.39, 0.29) is 11.9 Å². The Hall–Kier alpha value is -1.23. The molecule has 1 aliphatic carbocycles. The third kappa shape index (κ3) is 3.86. The highest BCUT2D eigenvalue weighted by atomic mass is 16.5. The van der Waals surface area contributed by atoms with Crippen LogP contribution in [0.5, 0.6) is 0 Å². The molecule has 5 nitrogen and oxygen atoms in total. The Morgan fingerprint density at radius 2 is 2.26 bits per heavy atom. The first kappa shape index (κ1) is 14.2. The van der Waals surface area contributed by atoms with E-state index >= 15 is 0 Å². The zero-order valence-electron chi connectivity index (χ0n) is 12.0. The van der Waals surface area contributed by atoms with Crippen LogP contribution in [0.15, 0.2) is 6.33 Å². The number of hydrogen-bond donors (Lipinski definition) is 0. The first-order chi connectivity index (χ1) is 9.11. The molecule has 0 N–H and O–H groups in total. The van der Waals surface area contributed by atoms with Gasteiger partial charge >= 0.3 is 0 Å². The van der Waals surface area contributed by atoms with Crippen LogP contribution in [0.2, 0.25) is 0 Å². The van der Waals surface area contributed by atoms with E-state index in [1.807, 2.05) is 11.6 Å². The van der Waals surface area contributed by atoms with E-state index in [1.165, 1.54) is 6.33 Å². The summed E-state index contributed by atoms with van der Waals surface area (Å²) >= 11 is 0. The Morgan fingerprint density at radius 3 is 2.84 bits per heavy atom. The summed E-state index contributed by atoms with van der Waals surface area (Å²) in [4.78, 5) is 16.5. The number of rotatable bonds is 8. The molecule has 1 aromatic rings. The molecule has 2 rings (SSSR count). The van der Waals surface area contributed by atoms with Crippen molar-refractivity contribution in [2.24, 2.45) is 11.8 Å². The molecule has 0 aliphatic heterocycles. The number of nitrogens with zero attached hydrogens (tertiary/aromatic N) is 3. The van der Waals surface area contributed by atoms with Crippen LogP contribution >= 0.6 is 0 Å². The van der Waals surface area contributed by atoms with Crippen LogP contribution in [0.4, 0.5) is 0 Å². The van der Waals surface area contributed by atoms with E-state index in [1.54, 1.807) is 0 Å². The fraction of sp³-hybridized carbons (Fsp3) is 0.786. The van der Waals surface area contributed by atoms with Crippen LogP contribution in [0, 0.1) is 11.8 Å². The summed E-state index contributed by atoms with van der Waals surface area (Å²) in [6.07, 6.45) is 3.82. The van der Waals surface area contributed by atoms with Gasteiger partial charge in [-0.05, 0) is 31.6 Å². The predicted octanol–water partition coefficient (Wildman–Crippen LogP) is 1.86. The third-order valence-electron chi connectivity index (χ3n) is 3.28. The number of hydrogen-bond acceptors (Lipinski definition) is 4. The van der Waals surface area contributed by atoms with E-state index in [4.69, 9.17) is 4.74 Å². The number of Topliss-reactive ketones (excluding diaryl/α,β-unsaturated/α-hetero) is 1. The fourth-order valence-corrected chi connectivity index (χ4v) is 2.25. The van der Waals surface area contributed by atoms with Gasteiger partial charge in [0, 0.05) is 13.2 Å². The lowest BCUT2D eigenvalue weighted by molar-refractivity contribution is -0.131. The first-order valence-corrected chi connectivity index (χ1v) is 7.12. The van der Waals surface area contributed by atoms with Crippen LogP contribution in [0.1, 0.15) is 39.4 Å². The molecule has 0 bridgehead atoms. The Labute approximate surface area is 114 Å². The van der Waals surface area contributed by atoms with Gasteiger partial charge in [0.1, 0.15) is 18.3 Å². The van der Waals surface area contributed by atoms with Crippen LogP contribution in [0.25, 0.3) is 0 Å². The minimum atomic E-state index is -0.241. The van der Waals surface area contributed by atoms with Crippen molar-refractivity contribution in [1.29, 1.82) is 0 Å². The molecule has 1 aromatic heterocycles. The standard InChI is InChI=1S/C14H23N3O2/c1-4-19-14(11-5-6-11)12(18)7-13-15-9-16-17(13)8-10(2)3/h9-11,14H,4-8H2,1-3H3. The zero-order valence-corrected chi connectivity index (χ0v) is 12.0. The van der Waals surface area contributed by atoms with E-state index in [0.29, 0.717) is 24.9 Å². The second-order valence-corrected chi connectivity index (χ2v) is 5.61. The minimum absolute atomic E-state index is 0.141. The summed E-state index contributed by atoms with van der Waals surface area (Å²) in [5, 5.41) is 4.19. The number of ether oxygens (including phenoxy) is 1. The largest absolute Gasteiger partial charge is 0.370 e. The first-order valence-electron chi connectivity index (χ1n) is 7.12. The average molecular weight is 265 g/mol. The number of carbonyl (C=O) groups is 1. The fourth-order valence-electron chi connectivity index (χ4n) is 2.25. The molecule has 19 heavy (non-hydrogen) atoms. The average Bonchev–Trinajstić information content (AvgIpc) is 3.10. The second-order valence-electron chi connectivity index (χ2n) is 5.61. The summed E-state index contributed by atoms with van der Waals surface area (Å²) < 4.78 is 7.42. The predicted molar refractivity (Wildman–Crippen MR) is 71.7 cm³/mol. The lowest BCUT2D eigenvalue weighted by atomic mass is 10.1. The molecule has 1 unspecified atom stereocenters. The molecule has 0 radical (unpaired) electrons. The molecule has 0 aromatic carbocycles. The monoisotopic (exact) mass is 265 g/mol. The molecular formula is C14H23N3O2. The molecule has 0 spiro atoms. The Kier molecular flexibility index (Phi) is 4.69. The highest BCUT2D eigenvalue weighted by Gasteiger charge is 2.36. The van der Waals surface area contributed by atoms with Gasteiger partial charge in [-0.3, -0.25) is 4.79 Å². The van der Waals surface area contributed by atoms with Gasteiger partial charge in [-0.2, -0.15) is 5.10 Å². The molecular weight excluding hydrogens is 242 g/mol. The van der Waals surface area contributed by atoms with Gasteiger partial charge in [-0.15, -0.1) is 0 Å². The zero-order chi connectivity index (χ0) is 13.8. The maximum Gasteiger partial charge on any atom is 0.169 e. The summed E-state index contributed by atoms with van der Waals surface area (Å²) in [6.45, 7) is 7.57. The van der Waals surface area contributed by atoms with Gasteiger partial charge < -0.3 is 4.74 Å². The van der Waals surface area contributed by atoms with Crippen molar-refractivity contribution in [1.82, 2.24) is 14.8 Å². The summed E-state index contributed by atoms with van der Waals surface area (Å²) in [7, 11) is 0. The maximum atomic E-state index is 12.3. The Bertz CT molecular complexity index is 424. The number of aromatic nitrogens is 3.